The van der Waals surface area contributed by atoms with Gasteiger partial charge in [0.2, 0.25) is 0 Å². The van der Waals surface area contributed by atoms with E-state index < -0.39 is 9.84 Å². The lowest BCUT2D eigenvalue weighted by Crippen LogP contribution is -2.25. The molecule has 0 spiro atoms. The molecule has 1 fully saturated rings. The van der Waals surface area contributed by atoms with E-state index in [0.717, 1.165) is 25.7 Å². The molecular formula is C12H16O3S2. The van der Waals surface area contributed by atoms with Gasteiger partial charge in [-0.05, 0) is 24.3 Å². The Balaban J connectivity index is 2.03. The van der Waals surface area contributed by atoms with Crippen molar-refractivity contribution in [1.29, 1.82) is 0 Å². The van der Waals surface area contributed by atoms with Gasteiger partial charge < -0.3 is 0 Å². The highest BCUT2D eigenvalue weighted by molar-refractivity contribution is 7.94. The number of carbonyl (C=O) groups is 1. The lowest BCUT2D eigenvalue weighted by molar-refractivity contribution is -0.121. The van der Waals surface area contributed by atoms with Crippen LogP contribution in [-0.2, 0) is 14.6 Å². The van der Waals surface area contributed by atoms with Crippen molar-refractivity contribution in [3.05, 3.63) is 17.5 Å². The molecule has 1 aliphatic carbocycles. The van der Waals surface area contributed by atoms with Crippen LogP contribution in [0.5, 0.6) is 0 Å². The molecule has 0 unspecified atom stereocenters. The average Bonchev–Trinajstić information content (AvgIpc) is 2.84. The van der Waals surface area contributed by atoms with E-state index in [1.54, 1.807) is 17.5 Å². The van der Waals surface area contributed by atoms with Crippen molar-refractivity contribution < 1.29 is 13.2 Å². The fraction of sp³-hybridized carbons (Fsp3) is 0.583. The Hall–Kier alpha value is -0.680. The number of rotatable bonds is 4. The fourth-order valence-corrected chi connectivity index (χ4v) is 4.66. The molecule has 2 rings (SSSR count). The number of carbonyl (C=O) groups excluding carboxylic acids is 1. The zero-order valence-electron chi connectivity index (χ0n) is 9.59. The standard InChI is InChI=1S/C12H16O3S2/c13-11(10-5-2-1-3-6-10)9-17(14,15)12-7-4-8-16-12/h4,7-8,10H,1-3,5-6,9H2. The topological polar surface area (TPSA) is 51.2 Å². The summed E-state index contributed by atoms with van der Waals surface area (Å²) in [5.41, 5.74) is 0. The van der Waals surface area contributed by atoms with Crippen molar-refractivity contribution >= 4 is 27.0 Å². The fourth-order valence-electron chi connectivity index (χ4n) is 2.24. The van der Waals surface area contributed by atoms with Crippen molar-refractivity contribution in [2.24, 2.45) is 5.92 Å². The molecule has 0 N–H and O–H groups in total. The van der Waals surface area contributed by atoms with E-state index >= 15 is 0 Å². The molecule has 17 heavy (non-hydrogen) atoms. The summed E-state index contributed by atoms with van der Waals surface area (Å²) in [6, 6.07) is 3.26. The van der Waals surface area contributed by atoms with Gasteiger partial charge >= 0.3 is 0 Å². The molecule has 1 heterocycles. The van der Waals surface area contributed by atoms with Gasteiger partial charge in [0.25, 0.3) is 0 Å². The number of Topliss-reactive ketones (excluding diaryl/α,β-unsaturated/α-hetero) is 1. The molecule has 3 nitrogen and oxygen atoms in total. The van der Waals surface area contributed by atoms with Crippen molar-refractivity contribution in [2.45, 2.75) is 36.3 Å². The Kier molecular flexibility index (Phi) is 3.99. The molecule has 1 aromatic heterocycles. The third-order valence-corrected chi connectivity index (χ3v) is 6.32. The molecule has 0 radical (unpaired) electrons. The smallest absolute Gasteiger partial charge is 0.194 e. The van der Waals surface area contributed by atoms with E-state index in [1.165, 1.54) is 17.8 Å². The van der Waals surface area contributed by atoms with Crippen LogP contribution in [0.3, 0.4) is 0 Å². The predicted molar refractivity (Wildman–Crippen MR) is 68.0 cm³/mol. The van der Waals surface area contributed by atoms with Crippen LogP contribution in [0.1, 0.15) is 32.1 Å². The van der Waals surface area contributed by atoms with Crippen molar-refractivity contribution in [2.75, 3.05) is 5.75 Å². The minimum Gasteiger partial charge on any atom is -0.298 e. The van der Waals surface area contributed by atoms with Crippen molar-refractivity contribution in [3.8, 4) is 0 Å². The van der Waals surface area contributed by atoms with Gasteiger partial charge in [-0.3, -0.25) is 4.79 Å². The quantitative estimate of drug-likeness (QED) is 0.846. The third kappa shape index (κ3) is 3.16. The van der Waals surface area contributed by atoms with E-state index in [9.17, 15) is 13.2 Å². The molecule has 0 aliphatic heterocycles. The summed E-state index contributed by atoms with van der Waals surface area (Å²) in [4.78, 5) is 11.9. The molecule has 0 atom stereocenters. The predicted octanol–water partition coefficient (Wildman–Crippen LogP) is 2.67. The van der Waals surface area contributed by atoms with Gasteiger partial charge in [0.15, 0.2) is 15.6 Å². The number of hydrogen-bond donors (Lipinski definition) is 0. The average molecular weight is 272 g/mol. The van der Waals surface area contributed by atoms with Crippen molar-refractivity contribution in [1.82, 2.24) is 0 Å². The normalized spacial score (nSPS) is 18.1. The second-order valence-corrected chi connectivity index (χ2v) is 7.66. The van der Waals surface area contributed by atoms with E-state index in [4.69, 9.17) is 0 Å². The monoisotopic (exact) mass is 272 g/mol. The van der Waals surface area contributed by atoms with Crippen LogP contribution < -0.4 is 0 Å². The zero-order chi connectivity index (χ0) is 12.3. The van der Waals surface area contributed by atoms with E-state index in [1.807, 2.05) is 0 Å². The first kappa shape index (κ1) is 12.8. The van der Waals surface area contributed by atoms with E-state index in [0.29, 0.717) is 4.21 Å². The summed E-state index contributed by atoms with van der Waals surface area (Å²) in [5, 5.41) is 1.72. The first-order chi connectivity index (χ1) is 8.09. The highest BCUT2D eigenvalue weighted by atomic mass is 32.2. The maximum Gasteiger partial charge on any atom is 0.194 e. The maximum atomic E-state index is 11.9. The van der Waals surface area contributed by atoms with Gasteiger partial charge in [0.1, 0.15) is 9.96 Å². The minimum absolute atomic E-state index is 0.0292. The van der Waals surface area contributed by atoms with Gasteiger partial charge in [0.05, 0.1) is 0 Å². The minimum atomic E-state index is -3.40. The second-order valence-electron chi connectivity index (χ2n) is 4.49. The number of hydrogen-bond acceptors (Lipinski definition) is 4. The molecule has 1 saturated carbocycles. The number of sulfone groups is 1. The van der Waals surface area contributed by atoms with Crippen LogP contribution in [0.4, 0.5) is 0 Å². The number of thiophene rings is 1. The van der Waals surface area contributed by atoms with Crippen LogP contribution in [0.15, 0.2) is 21.7 Å². The van der Waals surface area contributed by atoms with Crippen LogP contribution in [0.25, 0.3) is 0 Å². The van der Waals surface area contributed by atoms with Crippen LogP contribution >= 0.6 is 11.3 Å². The Morgan fingerprint density at radius 3 is 2.59 bits per heavy atom. The highest BCUT2D eigenvalue weighted by Gasteiger charge is 2.27. The molecule has 0 amide bonds. The Morgan fingerprint density at radius 2 is 2.00 bits per heavy atom. The maximum absolute atomic E-state index is 11.9. The van der Waals surface area contributed by atoms with Crippen LogP contribution in [0.2, 0.25) is 0 Å². The van der Waals surface area contributed by atoms with E-state index in [-0.39, 0.29) is 17.5 Å². The van der Waals surface area contributed by atoms with Crippen LogP contribution in [-0.4, -0.2) is 20.0 Å². The van der Waals surface area contributed by atoms with Gasteiger partial charge in [-0.25, -0.2) is 8.42 Å². The lowest BCUT2D eigenvalue weighted by atomic mass is 9.87. The zero-order valence-corrected chi connectivity index (χ0v) is 11.2. The van der Waals surface area contributed by atoms with E-state index in [2.05, 4.69) is 0 Å². The van der Waals surface area contributed by atoms with Crippen LogP contribution in [0, 0.1) is 5.92 Å². The molecule has 5 heteroatoms. The van der Waals surface area contributed by atoms with Crippen molar-refractivity contribution in [3.63, 3.8) is 0 Å². The Labute approximate surface area is 106 Å². The first-order valence-corrected chi connectivity index (χ1v) is 8.42. The molecular weight excluding hydrogens is 256 g/mol. The number of ketones is 1. The summed E-state index contributed by atoms with van der Waals surface area (Å²) in [5.74, 6) is -0.449. The Bertz CT molecular complexity index is 468. The molecule has 94 valence electrons. The Morgan fingerprint density at radius 1 is 1.29 bits per heavy atom. The SMILES string of the molecule is O=C(CS(=O)(=O)c1cccs1)C1CCCCC1. The summed E-state index contributed by atoms with van der Waals surface area (Å²) in [7, 11) is -3.40. The lowest BCUT2D eigenvalue weighted by Gasteiger charge is -2.19. The summed E-state index contributed by atoms with van der Waals surface area (Å²) in [6.45, 7) is 0. The first-order valence-electron chi connectivity index (χ1n) is 5.88. The third-order valence-electron chi connectivity index (χ3n) is 3.19. The molecule has 0 saturated heterocycles. The largest absolute Gasteiger partial charge is 0.298 e. The van der Waals surface area contributed by atoms with Gasteiger partial charge in [-0.2, -0.15) is 0 Å². The summed E-state index contributed by atoms with van der Waals surface area (Å²) < 4.78 is 24.2. The molecule has 1 aromatic rings. The highest BCUT2D eigenvalue weighted by Crippen LogP contribution is 2.26. The molecule has 0 bridgehead atoms. The summed E-state index contributed by atoms with van der Waals surface area (Å²) >= 11 is 1.18. The van der Waals surface area contributed by atoms with Gasteiger partial charge in [-0.1, -0.05) is 25.3 Å². The molecule has 0 aromatic carbocycles. The van der Waals surface area contributed by atoms with Gasteiger partial charge in [0, 0.05) is 5.92 Å². The summed E-state index contributed by atoms with van der Waals surface area (Å²) in [6.07, 6.45) is 4.99. The second kappa shape index (κ2) is 5.31. The van der Waals surface area contributed by atoms with Gasteiger partial charge in [-0.15, -0.1) is 11.3 Å². The molecule has 1 aliphatic rings.